The smallest absolute Gasteiger partial charge is 0.154 e. The normalized spacial score (nSPS) is 11.5. The molecule has 21 heavy (non-hydrogen) atoms. The number of sulfone groups is 1. The van der Waals surface area contributed by atoms with Crippen LogP contribution < -0.4 is 0 Å². The third kappa shape index (κ3) is 5.52. The Bertz CT molecular complexity index is 649. The molecule has 4 heteroatoms. The van der Waals surface area contributed by atoms with Gasteiger partial charge in [0, 0.05) is 5.88 Å². The van der Waals surface area contributed by atoms with Crippen LogP contribution in [0.5, 0.6) is 0 Å². The molecule has 112 valence electrons. The quantitative estimate of drug-likeness (QED) is 0.723. The maximum atomic E-state index is 12.1. The summed E-state index contributed by atoms with van der Waals surface area (Å²) in [5.41, 5.74) is 3.00. The van der Waals surface area contributed by atoms with Crippen molar-refractivity contribution in [2.75, 3.05) is 5.75 Å². The van der Waals surface area contributed by atoms with Crippen molar-refractivity contribution in [1.82, 2.24) is 0 Å². The van der Waals surface area contributed by atoms with Crippen LogP contribution in [0.4, 0.5) is 0 Å². The van der Waals surface area contributed by atoms with Gasteiger partial charge in [0.25, 0.3) is 0 Å². The molecule has 0 saturated carbocycles. The molecule has 0 radical (unpaired) electrons. The minimum atomic E-state index is -3.06. The minimum Gasteiger partial charge on any atom is -0.228 e. The van der Waals surface area contributed by atoms with Gasteiger partial charge in [-0.3, -0.25) is 0 Å². The van der Waals surface area contributed by atoms with Gasteiger partial charge >= 0.3 is 0 Å². The second kappa shape index (κ2) is 7.62. The van der Waals surface area contributed by atoms with Gasteiger partial charge in [-0.2, -0.15) is 0 Å². The average molecular weight is 323 g/mol. The van der Waals surface area contributed by atoms with Gasteiger partial charge in [-0.25, -0.2) is 8.42 Å². The third-order valence-corrected chi connectivity index (χ3v) is 5.32. The van der Waals surface area contributed by atoms with E-state index in [-0.39, 0.29) is 11.5 Å². The molecule has 0 spiro atoms. The van der Waals surface area contributed by atoms with Crippen LogP contribution in [0.3, 0.4) is 0 Å². The Morgan fingerprint density at radius 2 is 1.43 bits per heavy atom. The lowest BCUT2D eigenvalue weighted by Gasteiger charge is -2.06. The van der Waals surface area contributed by atoms with Crippen molar-refractivity contribution in [3.8, 4) is 0 Å². The van der Waals surface area contributed by atoms with Gasteiger partial charge in [0.1, 0.15) is 0 Å². The van der Waals surface area contributed by atoms with E-state index >= 15 is 0 Å². The summed E-state index contributed by atoms with van der Waals surface area (Å²) < 4.78 is 24.2. The molecule has 0 aliphatic carbocycles. The SMILES string of the molecule is O=S(=O)(CCCc1ccccc1)Cc1ccc(CCl)cc1. The highest BCUT2D eigenvalue weighted by Gasteiger charge is 2.11. The van der Waals surface area contributed by atoms with Gasteiger partial charge in [0.2, 0.25) is 0 Å². The highest BCUT2D eigenvalue weighted by Crippen LogP contribution is 2.12. The first-order chi connectivity index (χ1) is 10.1. The summed E-state index contributed by atoms with van der Waals surface area (Å²) in [7, 11) is -3.06. The van der Waals surface area contributed by atoms with Gasteiger partial charge in [-0.15, -0.1) is 11.6 Å². The summed E-state index contributed by atoms with van der Waals surface area (Å²) in [4.78, 5) is 0. The van der Waals surface area contributed by atoms with Gasteiger partial charge in [-0.1, -0.05) is 54.6 Å². The third-order valence-electron chi connectivity index (χ3n) is 3.33. The van der Waals surface area contributed by atoms with Crippen molar-refractivity contribution in [3.05, 3.63) is 71.3 Å². The maximum Gasteiger partial charge on any atom is 0.154 e. The van der Waals surface area contributed by atoms with Crippen LogP contribution in [0.15, 0.2) is 54.6 Å². The highest BCUT2D eigenvalue weighted by molar-refractivity contribution is 7.90. The van der Waals surface area contributed by atoms with E-state index in [1.54, 1.807) is 0 Å². The van der Waals surface area contributed by atoms with Crippen LogP contribution >= 0.6 is 11.6 Å². The van der Waals surface area contributed by atoms with E-state index < -0.39 is 9.84 Å². The van der Waals surface area contributed by atoms with Gasteiger partial charge < -0.3 is 0 Å². The Morgan fingerprint density at radius 1 is 0.810 bits per heavy atom. The summed E-state index contributed by atoms with van der Waals surface area (Å²) in [6.45, 7) is 0. The van der Waals surface area contributed by atoms with E-state index in [2.05, 4.69) is 0 Å². The van der Waals surface area contributed by atoms with E-state index in [9.17, 15) is 8.42 Å². The Balaban J connectivity index is 1.86. The largest absolute Gasteiger partial charge is 0.228 e. The Kier molecular flexibility index (Phi) is 5.83. The average Bonchev–Trinajstić information content (AvgIpc) is 2.48. The summed E-state index contributed by atoms with van der Waals surface area (Å²) in [5, 5.41) is 0. The van der Waals surface area contributed by atoms with E-state index in [1.165, 1.54) is 5.56 Å². The predicted octanol–water partition coefficient (Wildman–Crippen LogP) is 3.97. The van der Waals surface area contributed by atoms with Crippen LogP contribution in [0.1, 0.15) is 23.1 Å². The Morgan fingerprint density at radius 3 is 2.05 bits per heavy atom. The topological polar surface area (TPSA) is 34.1 Å². The van der Waals surface area contributed by atoms with E-state index in [4.69, 9.17) is 11.6 Å². The number of rotatable bonds is 7. The number of hydrogen-bond donors (Lipinski definition) is 0. The predicted molar refractivity (Wildman–Crippen MR) is 88.3 cm³/mol. The molecule has 0 heterocycles. The summed E-state index contributed by atoms with van der Waals surface area (Å²) >= 11 is 5.72. The van der Waals surface area contributed by atoms with E-state index in [0.717, 1.165) is 17.5 Å². The molecule has 0 aliphatic rings. The van der Waals surface area contributed by atoms with Gasteiger partial charge in [0.15, 0.2) is 9.84 Å². The second-order valence-corrected chi connectivity index (χ2v) is 7.58. The molecule has 2 aromatic rings. The molecule has 0 fully saturated rings. The van der Waals surface area contributed by atoms with Crippen LogP contribution in [0.2, 0.25) is 0 Å². The molecular formula is C17H19ClO2S. The maximum absolute atomic E-state index is 12.1. The first kappa shape index (κ1) is 16.1. The fraction of sp³-hybridized carbons (Fsp3) is 0.294. The fourth-order valence-corrected chi connectivity index (χ4v) is 3.80. The number of benzene rings is 2. The number of halogens is 1. The first-order valence-electron chi connectivity index (χ1n) is 6.97. The van der Waals surface area contributed by atoms with Crippen molar-refractivity contribution in [2.24, 2.45) is 0 Å². The molecule has 0 saturated heterocycles. The van der Waals surface area contributed by atoms with E-state index in [0.29, 0.717) is 12.3 Å². The lowest BCUT2D eigenvalue weighted by atomic mass is 10.1. The molecule has 0 N–H and O–H groups in total. The fourth-order valence-electron chi connectivity index (χ4n) is 2.19. The van der Waals surface area contributed by atoms with Gasteiger partial charge in [0.05, 0.1) is 11.5 Å². The molecule has 0 aromatic heterocycles. The second-order valence-electron chi connectivity index (χ2n) is 5.13. The molecule has 0 bridgehead atoms. The van der Waals surface area contributed by atoms with Crippen molar-refractivity contribution in [1.29, 1.82) is 0 Å². The number of alkyl halides is 1. The molecule has 2 aromatic carbocycles. The van der Waals surface area contributed by atoms with E-state index in [1.807, 2.05) is 54.6 Å². The summed E-state index contributed by atoms with van der Waals surface area (Å²) in [5.74, 6) is 0.771. The molecular weight excluding hydrogens is 304 g/mol. The van der Waals surface area contributed by atoms with Gasteiger partial charge in [-0.05, 0) is 29.5 Å². The zero-order valence-corrected chi connectivity index (χ0v) is 13.4. The number of hydrogen-bond acceptors (Lipinski definition) is 2. The van der Waals surface area contributed by atoms with Crippen LogP contribution in [-0.2, 0) is 27.9 Å². The lowest BCUT2D eigenvalue weighted by Crippen LogP contribution is -2.10. The number of aryl methyl sites for hydroxylation is 1. The van der Waals surface area contributed by atoms with Crippen LogP contribution in [0.25, 0.3) is 0 Å². The van der Waals surface area contributed by atoms with Crippen molar-refractivity contribution in [3.63, 3.8) is 0 Å². The van der Waals surface area contributed by atoms with Crippen molar-refractivity contribution in [2.45, 2.75) is 24.5 Å². The molecule has 2 rings (SSSR count). The zero-order valence-electron chi connectivity index (χ0n) is 11.8. The molecule has 0 atom stereocenters. The Hall–Kier alpha value is -1.32. The molecule has 0 amide bonds. The van der Waals surface area contributed by atoms with Crippen LogP contribution in [0, 0.1) is 0 Å². The van der Waals surface area contributed by atoms with Crippen molar-refractivity contribution >= 4 is 21.4 Å². The summed E-state index contributed by atoms with van der Waals surface area (Å²) in [6, 6.07) is 17.4. The summed E-state index contributed by atoms with van der Waals surface area (Å²) in [6.07, 6.45) is 1.46. The molecule has 0 unspecified atom stereocenters. The molecule has 0 aliphatic heterocycles. The standard InChI is InChI=1S/C17H19ClO2S/c18-13-16-8-10-17(11-9-16)14-21(19,20)12-4-7-15-5-2-1-3-6-15/h1-3,5-6,8-11H,4,7,12-14H2. The monoisotopic (exact) mass is 322 g/mol. The van der Waals surface area contributed by atoms with Crippen molar-refractivity contribution < 1.29 is 8.42 Å². The first-order valence-corrected chi connectivity index (χ1v) is 9.33. The minimum absolute atomic E-state index is 0.102. The molecule has 2 nitrogen and oxygen atoms in total. The lowest BCUT2D eigenvalue weighted by molar-refractivity contribution is 0.592. The zero-order chi connectivity index (χ0) is 15.1. The highest BCUT2D eigenvalue weighted by atomic mass is 35.5. The Labute approximate surface area is 131 Å². The van der Waals surface area contributed by atoms with Crippen LogP contribution in [-0.4, -0.2) is 14.2 Å².